The van der Waals surface area contributed by atoms with Gasteiger partial charge in [-0.25, -0.2) is 0 Å². The first-order chi connectivity index (χ1) is 7.70. The molecule has 5 heteroatoms. The van der Waals surface area contributed by atoms with Crippen molar-refractivity contribution in [3.63, 3.8) is 0 Å². The Balaban J connectivity index is 2.95. The van der Waals surface area contributed by atoms with Crippen LogP contribution in [-0.2, 0) is 0 Å². The number of anilines is 1. The minimum atomic E-state index is -0.406. The van der Waals surface area contributed by atoms with E-state index in [9.17, 15) is 10.1 Å². The number of rotatable bonds is 6. The number of nitrogens with one attached hydrogen (secondary N) is 1. The van der Waals surface area contributed by atoms with E-state index in [1.54, 1.807) is 12.1 Å². The third-order valence-corrected chi connectivity index (χ3v) is 2.25. The summed E-state index contributed by atoms with van der Waals surface area (Å²) < 4.78 is 5.10. The molecule has 1 rings (SSSR count). The van der Waals surface area contributed by atoms with Gasteiger partial charge in [-0.2, -0.15) is 0 Å². The molecule has 0 unspecified atom stereocenters. The highest BCUT2D eigenvalue weighted by Crippen LogP contribution is 2.33. The number of benzene rings is 1. The normalized spacial score (nSPS) is 9.88. The largest absolute Gasteiger partial charge is 0.494 e. The molecule has 0 radical (unpaired) electrons. The number of unbranched alkanes of at least 4 members (excludes halogenated alkanes) is 1. The Morgan fingerprint density at radius 2 is 2.25 bits per heavy atom. The zero-order valence-corrected chi connectivity index (χ0v) is 9.53. The molecule has 1 aromatic carbocycles. The quantitative estimate of drug-likeness (QED) is 0.458. The predicted molar refractivity (Wildman–Crippen MR) is 63.0 cm³/mol. The van der Waals surface area contributed by atoms with Crippen LogP contribution in [0.5, 0.6) is 5.75 Å². The Bertz CT molecular complexity index is 366. The van der Waals surface area contributed by atoms with E-state index in [1.807, 2.05) is 0 Å². The zero-order chi connectivity index (χ0) is 12.0. The van der Waals surface area contributed by atoms with Crippen LogP contribution >= 0.6 is 0 Å². The van der Waals surface area contributed by atoms with Gasteiger partial charge in [-0.15, -0.1) is 0 Å². The molecule has 0 amide bonds. The molecule has 0 fully saturated rings. The van der Waals surface area contributed by atoms with Crippen LogP contribution < -0.4 is 10.1 Å². The Morgan fingerprint density at radius 3 is 2.81 bits per heavy atom. The van der Waals surface area contributed by atoms with Crippen molar-refractivity contribution < 1.29 is 9.66 Å². The third kappa shape index (κ3) is 2.85. The molecule has 5 nitrogen and oxygen atoms in total. The molecule has 0 saturated carbocycles. The number of methoxy groups -OCH3 is 1. The van der Waals surface area contributed by atoms with Crippen LogP contribution in [0.2, 0.25) is 0 Å². The van der Waals surface area contributed by atoms with Crippen molar-refractivity contribution in [3.05, 3.63) is 28.3 Å². The Morgan fingerprint density at radius 1 is 1.50 bits per heavy atom. The highest BCUT2D eigenvalue weighted by Gasteiger charge is 2.17. The van der Waals surface area contributed by atoms with Gasteiger partial charge in [0.05, 0.1) is 12.0 Å². The van der Waals surface area contributed by atoms with Gasteiger partial charge in [0.1, 0.15) is 5.75 Å². The van der Waals surface area contributed by atoms with Crippen molar-refractivity contribution in [2.24, 2.45) is 0 Å². The lowest BCUT2D eigenvalue weighted by atomic mass is 10.2. The van der Waals surface area contributed by atoms with Gasteiger partial charge < -0.3 is 10.1 Å². The lowest BCUT2D eigenvalue weighted by Crippen LogP contribution is -2.05. The molecular weight excluding hydrogens is 208 g/mol. The number of nitrogens with zero attached hydrogens (tertiary/aromatic N) is 1. The molecule has 0 aliphatic heterocycles. The molecule has 16 heavy (non-hydrogen) atoms. The molecule has 0 aromatic heterocycles. The van der Waals surface area contributed by atoms with Gasteiger partial charge in [0.25, 0.3) is 5.69 Å². The third-order valence-electron chi connectivity index (χ3n) is 2.25. The summed E-state index contributed by atoms with van der Waals surface area (Å²) in [6.45, 7) is 2.77. The molecular formula is C11H16N2O3. The van der Waals surface area contributed by atoms with Crippen molar-refractivity contribution >= 4 is 11.4 Å². The van der Waals surface area contributed by atoms with Crippen LogP contribution in [0.15, 0.2) is 18.2 Å². The second kappa shape index (κ2) is 5.95. The van der Waals surface area contributed by atoms with E-state index < -0.39 is 4.92 Å². The van der Waals surface area contributed by atoms with Gasteiger partial charge in [-0.1, -0.05) is 19.4 Å². The number of ether oxygens (including phenoxy) is 1. The summed E-state index contributed by atoms with van der Waals surface area (Å²) in [7, 11) is 1.50. The van der Waals surface area contributed by atoms with E-state index >= 15 is 0 Å². The van der Waals surface area contributed by atoms with E-state index in [0.29, 0.717) is 18.0 Å². The molecule has 0 aliphatic rings. The van der Waals surface area contributed by atoms with Crippen LogP contribution in [0.3, 0.4) is 0 Å². The van der Waals surface area contributed by atoms with Gasteiger partial charge in [-0.3, -0.25) is 10.1 Å². The first-order valence-electron chi connectivity index (χ1n) is 5.26. The highest BCUT2D eigenvalue weighted by molar-refractivity contribution is 5.69. The molecule has 1 aromatic rings. The topological polar surface area (TPSA) is 64.4 Å². The summed E-state index contributed by atoms with van der Waals surface area (Å²) in [5.41, 5.74) is 0.513. The zero-order valence-electron chi connectivity index (χ0n) is 9.53. The second-order valence-corrected chi connectivity index (χ2v) is 3.39. The smallest absolute Gasteiger partial charge is 0.296 e. The number of hydrogen-bond acceptors (Lipinski definition) is 4. The Kier molecular flexibility index (Phi) is 4.57. The Hall–Kier alpha value is -1.78. The summed E-state index contributed by atoms with van der Waals surface area (Å²) in [4.78, 5) is 10.4. The maximum absolute atomic E-state index is 10.8. The Labute approximate surface area is 94.6 Å². The van der Waals surface area contributed by atoms with E-state index in [2.05, 4.69) is 12.2 Å². The summed E-state index contributed by atoms with van der Waals surface area (Å²) in [5.74, 6) is 0.505. The fourth-order valence-corrected chi connectivity index (χ4v) is 1.41. The monoisotopic (exact) mass is 224 g/mol. The van der Waals surface area contributed by atoms with Gasteiger partial charge in [0, 0.05) is 12.6 Å². The lowest BCUT2D eigenvalue weighted by Gasteiger charge is -2.10. The van der Waals surface area contributed by atoms with E-state index in [1.165, 1.54) is 13.2 Å². The van der Waals surface area contributed by atoms with E-state index in [0.717, 1.165) is 12.8 Å². The van der Waals surface area contributed by atoms with Gasteiger partial charge in [0.15, 0.2) is 5.69 Å². The van der Waals surface area contributed by atoms with Crippen LogP contribution in [0.1, 0.15) is 19.8 Å². The molecule has 0 heterocycles. The average molecular weight is 224 g/mol. The minimum absolute atomic E-state index is 0.0513. The van der Waals surface area contributed by atoms with E-state index in [4.69, 9.17) is 4.74 Å². The van der Waals surface area contributed by atoms with Crippen LogP contribution in [-0.4, -0.2) is 18.6 Å². The SMILES string of the molecule is CCCCNc1c(OC)cccc1[N+](=O)[O-]. The molecule has 0 aliphatic carbocycles. The van der Waals surface area contributed by atoms with Crippen molar-refractivity contribution in [1.29, 1.82) is 0 Å². The fraction of sp³-hybridized carbons (Fsp3) is 0.455. The summed E-state index contributed by atoms with van der Waals surface area (Å²) in [5, 5.41) is 13.9. The molecule has 0 spiro atoms. The van der Waals surface area contributed by atoms with Crippen LogP contribution in [0, 0.1) is 10.1 Å². The van der Waals surface area contributed by atoms with E-state index in [-0.39, 0.29) is 5.69 Å². The standard InChI is InChI=1S/C11H16N2O3/c1-3-4-8-12-11-9(13(14)15)6-5-7-10(11)16-2/h5-7,12H,3-4,8H2,1-2H3. The molecule has 1 N–H and O–H groups in total. The second-order valence-electron chi connectivity index (χ2n) is 3.39. The van der Waals surface area contributed by atoms with Crippen molar-refractivity contribution in [1.82, 2.24) is 0 Å². The van der Waals surface area contributed by atoms with Crippen molar-refractivity contribution in [3.8, 4) is 5.75 Å². The summed E-state index contributed by atoms with van der Waals surface area (Å²) in [6.07, 6.45) is 2.01. The summed E-state index contributed by atoms with van der Waals surface area (Å²) in [6, 6.07) is 4.79. The fourth-order valence-electron chi connectivity index (χ4n) is 1.41. The number of para-hydroxylation sites is 1. The first-order valence-corrected chi connectivity index (χ1v) is 5.26. The maximum atomic E-state index is 10.8. The molecule has 0 saturated heterocycles. The van der Waals surface area contributed by atoms with Gasteiger partial charge in [0.2, 0.25) is 0 Å². The number of nitro benzene ring substituents is 1. The van der Waals surface area contributed by atoms with Crippen LogP contribution in [0.4, 0.5) is 11.4 Å². The van der Waals surface area contributed by atoms with Crippen molar-refractivity contribution in [2.45, 2.75) is 19.8 Å². The highest BCUT2D eigenvalue weighted by atomic mass is 16.6. The minimum Gasteiger partial charge on any atom is -0.494 e. The average Bonchev–Trinajstić information content (AvgIpc) is 2.29. The van der Waals surface area contributed by atoms with Crippen molar-refractivity contribution in [2.75, 3.05) is 19.0 Å². The van der Waals surface area contributed by atoms with Gasteiger partial charge >= 0.3 is 0 Å². The predicted octanol–water partition coefficient (Wildman–Crippen LogP) is 2.82. The number of nitro groups is 1. The molecule has 0 atom stereocenters. The van der Waals surface area contributed by atoms with Crippen LogP contribution in [0.25, 0.3) is 0 Å². The lowest BCUT2D eigenvalue weighted by molar-refractivity contribution is -0.384. The summed E-state index contributed by atoms with van der Waals surface area (Å²) >= 11 is 0. The van der Waals surface area contributed by atoms with Gasteiger partial charge in [-0.05, 0) is 12.5 Å². The number of hydrogen-bond donors (Lipinski definition) is 1. The maximum Gasteiger partial charge on any atom is 0.296 e. The first kappa shape index (κ1) is 12.3. The molecule has 0 bridgehead atoms. The molecule has 88 valence electrons.